The van der Waals surface area contributed by atoms with E-state index in [2.05, 4.69) is 98.6 Å². The zero-order valence-electron chi connectivity index (χ0n) is 19.1. The smallest absolute Gasteiger partial charge is 0.0948 e. The molecular formula is C29H32N2. The first-order valence-electron chi connectivity index (χ1n) is 11.0. The van der Waals surface area contributed by atoms with Crippen LogP contribution in [0, 0.1) is 6.92 Å². The Labute approximate surface area is 186 Å². The lowest BCUT2D eigenvalue weighted by Crippen LogP contribution is -2.01. The molecule has 3 rings (SSSR count). The summed E-state index contributed by atoms with van der Waals surface area (Å²) in [5, 5.41) is 4.61. The maximum atomic E-state index is 4.96. The van der Waals surface area contributed by atoms with Gasteiger partial charge in [-0.2, -0.15) is 0 Å². The van der Waals surface area contributed by atoms with Crippen LogP contribution in [0.2, 0.25) is 0 Å². The van der Waals surface area contributed by atoms with Crippen molar-refractivity contribution in [1.29, 1.82) is 0 Å². The Morgan fingerprint density at radius 2 is 2.10 bits per heavy atom. The number of aromatic nitrogens is 1. The van der Waals surface area contributed by atoms with Crippen LogP contribution in [0.4, 0.5) is 5.69 Å². The molecule has 0 saturated carbocycles. The molecule has 31 heavy (non-hydrogen) atoms. The van der Waals surface area contributed by atoms with Crippen LogP contribution in [0.15, 0.2) is 91.1 Å². The first-order chi connectivity index (χ1) is 15.1. The van der Waals surface area contributed by atoms with Crippen molar-refractivity contribution >= 4 is 27.7 Å². The number of hydrogen-bond acceptors (Lipinski definition) is 2. The van der Waals surface area contributed by atoms with E-state index in [-0.39, 0.29) is 0 Å². The molecule has 1 aromatic heterocycles. The van der Waals surface area contributed by atoms with Gasteiger partial charge in [-0.15, -0.1) is 0 Å². The molecule has 0 fully saturated rings. The van der Waals surface area contributed by atoms with Gasteiger partial charge in [0, 0.05) is 23.7 Å². The molecule has 2 heteroatoms. The summed E-state index contributed by atoms with van der Waals surface area (Å²) in [5.74, 6) is 0. The molecule has 0 bridgehead atoms. The van der Waals surface area contributed by atoms with Gasteiger partial charge in [-0.3, -0.25) is 4.98 Å². The predicted octanol–water partition coefficient (Wildman–Crippen LogP) is 7.97. The predicted molar refractivity (Wildman–Crippen MR) is 138 cm³/mol. The second-order valence-electron chi connectivity index (χ2n) is 7.52. The maximum Gasteiger partial charge on any atom is 0.0948 e. The van der Waals surface area contributed by atoms with Crippen molar-refractivity contribution in [3.8, 4) is 0 Å². The van der Waals surface area contributed by atoms with E-state index < -0.39 is 0 Å². The maximum absolute atomic E-state index is 4.96. The van der Waals surface area contributed by atoms with Crippen molar-refractivity contribution in [1.82, 2.24) is 4.98 Å². The molecule has 0 amide bonds. The number of anilines is 1. The van der Waals surface area contributed by atoms with Gasteiger partial charge in [0.15, 0.2) is 0 Å². The van der Waals surface area contributed by atoms with E-state index in [0.717, 1.165) is 46.3 Å². The van der Waals surface area contributed by atoms with E-state index in [1.807, 2.05) is 20.0 Å². The Balaban J connectivity index is 2.32. The van der Waals surface area contributed by atoms with Crippen molar-refractivity contribution in [2.75, 3.05) is 12.4 Å². The van der Waals surface area contributed by atoms with Crippen LogP contribution >= 0.6 is 0 Å². The lowest BCUT2D eigenvalue weighted by atomic mass is 9.91. The molecule has 0 spiro atoms. The summed E-state index contributed by atoms with van der Waals surface area (Å²) >= 11 is 0. The van der Waals surface area contributed by atoms with E-state index in [1.165, 1.54) is 16.7 Å². The Morgan fingerprint density at radius 1 is 1.26 bits per heavy atom. The molecule has 0 aliphatic heterocycles. The summed E-state index contributed by atoms with van der Waals surface area (Å²) in [5.41, 5.74) is 8.96. The lowest BCUT2D eigenvalue weighted by molar-refractivity contribution is 1.22. The third kappa shape index (κ3) is 4.86. The van der Waals surface area contributed by atoms with Crippen LogP contribution < -0.4 is 5.32 Å². The minimum Gasteiger partial charge on any atom is -0.386 e. The van der Waals surface area contributed by atoms with Crippen LogP contribution in [-0.2, 0) is 0 Å². The minimum absolute atomic E-state index is 0.944. The molecule has 1 aliphatic carbocycles. The highest BCUT2D eigenvalue weighted by Gasteiger charge is 2.17. The Bertz CT molecular complexity index is 1150. The molecule has 1 aromatic carbocycles. The normalized spacial score (nSPS) is 14.8. The average Bonchev–Trinajstić information content (AvgIpc) is 3.05. The van der Waals surface area contributed by atoms with Crippen LogP contribution in [-0.4, -0.2) is 12.0 Å². The SMILES string of the molecule is C=C/C=C(\C=C/C)C(=C/CC)/c1ccc2c(C3=CC=CCC=C3)cc(C)nc2c1NC. The fraction of sp³-hybridized carbons (Fsp3) is 0.207. The molecule has 1 N–H and O–H groups in total. The fourth-order valence-electron chi connectivity index (χ4n) is 4.02. The van der Waals surface area contributed by atoms with Crippen LogP contribution in [0.1, 0.15) is 43.5 Å². The van der Waals surface area contributed by atoms with Gasteiger partial charge < -0.3 is 5.32 Å². The van der Waals surface area contributed by atoms with Gasteiger partial charge >= 0.3 is 0 Å². The third-order valence-corrected chi connectivity index (χ3v) is 5.30. The number of nitrogens with zero attached hydrogens (tertiary/aromatic N) is 1. The number of rotatable bonds is 7. The Morgan fingerprint density at radius 3 is 2.81 bits per heavy atom. The largest absolute Gasteiger partial charge is 0.386 e. The van der Waals surface area contributed by atoms with Gasteiger partial charge in [0.25, 0.3) is 0 Å². The number of hydrogen-bond donors (Lipinski definition) is 1. The first-order valence-corrected chi connectivity index (χ1v) is 11.0. The van der Waals surface area contributed by atoms with Gasteiger partial charge in [0.2, 0.25) is 0 Å². The molecular weight excluding hydrogens is 376 g/mol. The lowest BCUT2D eigenvalue weighted by Gasteiger charge is -2.18. The highest BCUT2D eigenvalue weighted by Crippen LogP contribution is 2.38. The fourth-order valence-corrected chi connectivity index (χ4v) is 4.02. The molecule has 0 atom stereocenters. The van der Waals surface area contributed by atoms with Crippen molar-refractivity contribution < 1.29 is 0 Å². The van der Waals surface area contributed by atoms with Gasteiger partial charge in [-0.25, -0.2) is 0 Å². The topological polar surface area (TPSA) is 24.9 Å². The second kappa shape index (κ2) is 10.6. The zero-order chi connectivity index (χ0) is 22.2. The van der Waals surface area contributed by atoms with Crippen LogP contribution in [0.25, 0.3) is 22.0 Å². The van der Waals surface area contributed by atoms with Crippen molar-refractivity contribution in [2.45, 2.75) is 33.6 Å². The van der Waals surface area contributed by atoms with E-state index in [1.54, 1.807) is 0 Å². The quantitative estimate of drug-likeness (QED) is 0.470. The van der Waals surface area contributed by atoms with Gasteiger partial charge in [0.05, 0.1) is 11.2 Å². The Hall–Kier alpha value is -3.39. The summed E-state index contributed by atoms with van der Waals surface area (Å²) in [4.78, 5) is 4.96. The van der Waals surface area contributed by atoms with Gasteiger partial charge in [-0.05, 0) is 55.0 Å². The number of allylic oxidation sites excluding steroid dienone is 13. The first kappa shape index (κ1) is 22.3. The highest BCUT2D eigenvalue weighted by molar-refractivity contribution is 6.05. The van der Waals surface area contributed by atoms with Crippen LogP contribution in [0.5, 0.6) is 0 Å². The Kier molecular flexibility index (Phi) is 7.61. The van der Waals surface area contributed by atoms with Crippen molar-refractivity contribution in [3.63, 3.8) is 0 Å². The van der Waals surface area contributed by atoms with Crippen LogP contribution in [0.3, 0.4) is 0 Å². The molecule has 0 unspecified atom stereocenters. The summed E-state index contributed by atoms with van der Waals surface area (Å²) < 4.78 is 0. The second-order valence-corrected chi connectivity index (χ2v) is 7.52. The summed E-state index contributed by atoms with van der Waals surface area (Å²) in [6, 6.07) is 6.61. The molecule has 1 aliphatic rings. The molecule has 0 radical (unpaired) electrons. The van der Waals surface area contributed by atoms with E-state index >= 15 is 0 Å². The monoisotopic (exact) mass is 408 g/mol. The number of aryl methyl sites for hydroxylation is 1. The standard InChI is InChI=1S/C29H32N2/c1-6-13-22(14-7-2)24(15-8-3)25-18-19-26-27(23-16-11-9-10-12-17-23)20-21(4)31-29(26)28(25)30-5/h6-7,9,11-20,30H,1,8,10H2,2-5H3/b14-7-,22-13+,24-15-. The number of benzene rings is 1. The minimum atomic E-state index is 0.944. The van der Waals surface area contributed by atoms with E-state index in [0.29, 0.717) is 0 Å². The summed E-state index contributed by atoms with van der Waals surface area (Å²) in [6.07, 6.45) is 23.2. The van der Waals surface area contributed by atoms with Crippen molar-refractivity contribution in [3.05, 3.63) is 108 Å². The average molecular weight is 409 g/mol. The summed E-state index contributed by atoms with van der Waals surface area (Å²) in [6.45, 7) is 10.2. The molecule has 158 valence electrons. The molecule has 2 aromatic rings. The van der Waals surface area contributed by atoms with E-state index in [9.17, 15) is 0 Å². The van der Waals surface area contributed by atoms with Gasteiger partial charge in [-0.1, -0.05) is 86.4 Å². The molecule has 1 heterocycles. The number of nitrogens with one attached hydrogen (secondary N) is 1. The highest BCUT2D eigenvalue weighted by atomic mass is 14.9. The summed E-state index contributed by atoms with van der Waals surface area (Å²) in [7, 11) is 1.98. The van der Waals surface area contributed by atoms with E-state index in [4.69, 9.17) is 4.98 Å². The van der Waals surface area contributed by atoms with Crippen molar-refractivity contribution in [2.24, 2.45) is 0 Å². The molecule has 0 saturated heterocycles. The van der Waals surface area contributed by atoms with Gasteiger partial charge in [0.1, 0.15) is 0 Å². The molecule has 2 nitrogen and oxygen atoms in total. The number of fused-ring (bicyclic) bond motifs is 1. The zero-order valence-corrected chi connectivity index (χ0v) is 19.1. The third-order valence-electron chi connectivity index (χ3n) is 5.30. The number of pyridine rings is 1.